The highest BCUT2D eigenvalue weighted by Crippen LogP contribution is 2.20. The van der Waals surface area contributed by atoms with Crippen LogP contribution in [0, 0.1) is 0 Å². The van der Waals surface area contributed by atoms with Crippen LogP contribution >= 0.6 is 0 Å². The number of ketones is 1. The van der Waals surface area contributed by atoms with Crippen LogP contribution in [0.4, 0.5) is 0 Å². The van der Waals surface area contributed by atoms with E-state index >= 15 is 0 Å². The van der Waals surface area contributed by atoms with Gasteiger partial charge in [-0.2, -0.15) is 0 Å². The lowest BCUT2D eigenvalue weighted by Gasteiger charge is -2.21. The summed E-state index contributed by atoms with van der Waals surface area (Å²) in [4.78, 5) is 11.8. The first-order valence-corrected chi connectivity index (χ1v) is 6.12. The molecule has 0 bridgehead atoms. The molecule has 3 heteroatoms. The van der Waals surface area contributed by atoms with Gasteiger partial charge in [0.1, 0.15) is 6.10 Å². The van der Waals surface area contributed by atoms with Crippen LogP contribution in [-0.2, 0) is 14.3 Å². The zero-order valence-electron chi connectivity index (χ0n) is 9.24. The summed E-state index contributed by atoms with van der Waals surface area (Å²) in [6.45, 7) is 1.63. The van der Waals surface area contributed by atoms with Crippen LogP contribution in [0.15, 0.2) is 0 Å². The molecule has 2 unspecified atom stereocenters. The quantitative estimate of drug-likeness (QED) is 0.715. The topological polar surface area (TPSA) is 35.5 Å². The first-order valence-electron chi connectivity index (χ1n) is 6.12. The third kappa shape index (κ3) is 3.28. The molecule has 0 radical (unpaired) electrons. The highest BCUT2D eigenvalue weighted by molar-refractivity contribution is 5.83. The summed E-state index contributed by atoms with van der Waals surface area (Å²) in [6.07, 6.45) is 7.18. The standard InChI is InChI=1S/C12H20O3/c13-11(12-5-1-2-8-15-12)7-6-10-4-3-9-14-10/h10,12H,1-9H2. The predicted octanol–water partition coefficient (Wildman–Crippen LogP) is 2.08. The maximum atomic E-state index is 11.8. The summed E-state index contributed by atoms with van der Waals surface area (Å²) in [7, 11) is 0. The SMILES string of the molecule is O=C(CCC1CCCO1)C1CCCCO1. The molecule has 2 heterocycles. The molecule has 2 atom stereocenters. The molecule has 2 rings (SSSR count). The van der Waals surface area contributed by atoms with Gasteiger partial charge in [0.05, 0.1) is 6.10 Å². The second-order valence-electron chi connectivity index (χ2n) is 4.50. The van der Waals surface area contributed by atoms with Crippen molar-refractivity contribution in [1.82, 2.24) is 0 Å². The van der Waals surface area contributed by atoms with Crippen molar-refractivity contribution < 1.29 is 14.3 Å². The molecular weight excluding hydrogens is 192 g/mol. The molecule has 0 N–H and O–H groups in total. The van der Waals surface area contributed by atoms with Crippen molar-refractivity contribution in [1.29, 1.82) is 0 Å². The van der Waals surface area contributed by atoms with Gasteiger partial charge in [-0.25, -0.2) is 0 Å². The van der Waals surface area contributed by atoms with Gasteiger partial charge in [0.15, 0.2) is 5.78 Å². The second kappa shape index (κ2) is 5.61. The van der Waals surface area contributed by atoms with E-state index < -0.39 is 0 Å². The van der Waals surface area contributed by atoms with Gasteiger partial charge in [-0.1, -0.05) is 0 Å². The molecule has 0 saturated carbocycles. The van der Waals surface area contributed by atoms with Gasteiger partial charge >= 0.3 is 0 Å². The summed E-state index contributed by atoms with van der Waals surface area (Å²) in [6, 6.07) is 0. The van der Waals surface area contributed by atoms with Crippen molar-refractivity contribution in [3.8, 4) is 0 Å². The molecule has 0 amide bonds. The smallest absolute Gasteiger partial charge is 0.161 e. The van der Waals surface area contributed by atoms with Crippen LogP contribution in [0.2, 0.25) is 0 Å². The number of carbonyl (C=O) groups excluding carboxylic acids is 1. The van der Waals surface area contributed by atoms with Crippen molar-refractivity contribution in [2.75, 3.05) is 13.2 Å². The van der Waals surface area contributed by atoms with Crippen LogP contribution in [0.1, 0.15) is 44.9 Å². The lowest BCUT2D eigenvalue weighted by Crippen LogP contribution is -2.28. The van der Waals surface area contributed by atoms with E-state index in [4.69, 9.17) is 9.47 Å². The van der Waals surface area contributed by atoms with Crippen LogP contribution in [-0.4, -0.2) is 31.2 Å². The molecule has 0 aromatic heterocycles. The van der Waals surface area contributed by atoms with Crippen LogP contribution < -0.4 is 0 Å². The maximum Gasteiger partial charge on any atom is 0.161 e. The minimum absolute atomic E-state index is 0.111. The first-order chi connectivity index (χ1) is 7.36. The largest absolute Gasteiger partial charge is 0.378 e. The Balaban J connectivity index is 1.66. The zero-order valence-corrected chi connectivity index (χ0v) is 9.24. The minimum atomic E-state index is -0.111. The summed E-state index contributed by atoms with van der Waals surface area (Å²) in [5, 5.41) is 0. The van der Waals surface area contributed by atoms with Crippen molar-refractivity contribution in [3.63, 3.8) is 0 Å². The van der Waals surface area contributed by atoms with Gasteiger partial charge in [0, 0.05) is 19.6 Å². The number of ether oxygens (including phenoxy) is 2. The average Bonchev–Trinajstić information content (AvgIpc) is 2.80. The number of hydrogen-bond donors (Lipinski definition) is 0. The van der Waals surface area contributed by atoms with Crippen LogP contribution in [0.5, 0.6) is 0 Å². The van der Waals surface area contributed by atoms with E-state index in [0.29, 0.717) is 12.5 Å². The van der Waals surface area contributed by atoms with Gasteiger partial charge in [0.2, 0.25) is 0 Å². The lowest BCUT2D eigenvalue weighted by molar-refractivity contribution is -0.133. The fraction of sp³-hybridized carbons (Fsp3) is 0.917. The molecule has 2 aliphatic heterocycles. The van der Waals surface area contributed by atoms with Gasteiger partial charge in [-0.15, -0.1) is 0 Å². The lowest BCUT2D eigenvalue weighted by atomic mass is 10.0. The molecule has 0 spiro atoms. The molecule has 2 fully saturated rings. The van der Waals surface area contributed by atoms with Crippen molar-refractivity contribution >= 4 is 5.78 Å². The summed E-state index contributed by atoms with van der Waals surface area (Å²) >= 11 is 0. The molecule has 0 aromatic rings. The maximum absolute atomic E-state index is 11.8. The van der Waals surface area contributed by atoms with Crippen molar-refractivity contribution in [3.05, 3.63) is 0 Å². The highest BCUT2D eigenvalue weighted by Gasteiger charge is 2.23. The third-order valence-electron chi connectivity index (χ3n) is 3.28. The Morgan fingerprint density at radius 1 is 1.07 bits per heavy atom. The summed E-state index contributed by atoms with van der Waals surface area (Å²) < 4.78 is 11.0. The van der Waals surface area contributed by atoms with Crippen LogP contribution in [0.25, 0.3) is 0 Å². The molecule has 15 heavy (non-hydrogen) atoms. The van der Waals surface area contributed by atoms with Gasteiger partial charge < -0.3 is 9.47 Å². The Morgan fingerprint density at radius 2 is 1.93 bits per heavy atom. The number of hydrogen-bond acceptors (Lipinski definition) is 3. The van der Waals surface area contributed by atoms with Crippen LogP contribution in [0.3, 0.4) is 0 Å². The second-order valence-corrected chi connectivity index (χ2v) is 4.50. The number of rotatable bonds is 4. The Labute approximate surface area is 91.1 Å². The zero-order chi connectivity index (χ0) is 10.5. The van der Waals surface area contributed by atoms with Crippen molar-refractivity contribution in [2.24, 2.45) is 0 Å². The summed E-state index contributed by atoms with van der Waals surface area (Å²) in [5.74, 6) is 0.283. The predicted molar refractivity (Wildman–Crippen MR) is 56.8 cm³/mol. The van der Waals surface area contributed by atoms with E-state index in [-0.39, 0.29) is 11.9 Å². The van der Waals surface area contributed by atoms with E-state index in [9.17, 15) is 4.79 Å². The normalized spacial score (nSPS) is 31.7. The fourth-order valence-electron chi connectivity index (χ4n) is 2.33. The van der Waals surface area contributed by atoms with E-state index in [2.05, 4.69) is 0 Å². The van der Waals surface area contributed by atoms with Gasteiger partial charge in [-0.05, 0) is 38.5 Å². The van der Waals surface area contributed by atoms with Gasteiger partial charge in [-0.3, -0.25) is 4.79 Å². The Kier molecular flexibility index (Phi) is 4.15. The Bertz CT molecular complexity index is 203. The molecule has 2 aliphatic rings. The Morgan fingerprint density at radius 3 is 2.60 bits per heavy atom. The molecule has 3 nitrogen and oxygen atoms in total. The first kappa shape index (κ1) is 11.1. The molecule has 0 aliphatic carbocycles. The third-order valence-corrected chi connectivity index (χ3v) is 3.28. The minimum Gasteiger partial charge on any atom is -0.378 e. The number of Topliss-reactive ketones (excluding diaryl/α,β-unsaturated/α-hetero) is 1. The van der Waals surface area contributed by atoms with E-state index in [1.807, 2.05) is 0 Å². The van der Waals surface area contributed by atoms with Gasteiger partial charge in [0.25, 0.3) is 0 Å². The molecule has 2 saturated heterocycles. The van der Waals surface area contributed by atoms with Crippen molar-refractivity contribution in [2.45, 2.75) is 57.2 Å². The average molecular weight is 212 g/mol. The fourth-order valence-corrected chi connectivity index (χ4v) is 2.33. The highest BCUT2D eigenvalue weighted by atomic mass is 16.5. The molecular formula is C12H20O3. The van der Waals surface area contributed by atoms with E-state index in [1.54, 1.807) is 0 Å². The summed E-state index contributed by atoms with van der Waals surface area (Å²) in [5.41, 5.74) is 0. The van der Waals surface area contributed by atoms with E-state index in [0.717, 1.165) is 51.7 Å². The Hall–Kier alpha value is -0.410. The molecule has 86 valence electrons. The molecule has 0 aromatic carbocycles. The van der Waals surface area contributed by atoms with E-state index in [1.165, 1.54) is 0 Å². The number of carbonyl (C=O) groups is 1. The monoisotopic (exact) mass is 212 g/mol.